The van der Waals surface area contributed by atoms with Crippen LogP contribution >= 0.6 is 0 Å². The highest BCUT2D eigenvalue weighted by atomic mass is 16.3. The molecule has 5 aromatic rings. The zero-order valence-corrected chi connectivity index (χ0v) is 15.8. The van der Waals surface area contributed by atoms with Crippen LogP contribution in [0.25, 0.3) is 45.8 Å². The van der Waals surface area contributed by atoms with E-state index in [1.165, 1.54) is 0 Å². The Kier molecular flexibility index (Phi) is 4.51. The van der Waals surface area contributed by atoms with Crippen LogP contribution in [0.5, 0.6) is 0 Å². The molecule has 5 rings (SSSR count). The molecule has 0 atom stereocenters. The van der Waals surface area contributed by atoms with Gasteiger partial charge in [-0.1, -0.05) is 103 Å². The molecular weight excluding hydrogens is 354 g/mol. The van der Waals surface area contributed by atoms with Gasteiger partial charge in [0.1, 0.15) is 5.52 Å². The van der Waals surface area contributed by atoms with E-state index in [4.69, 9.17) is 9.40 Å². The number of benzene rings is 4. The van der Waals surface area contributed by atoms with Crippen molar-refractivity contribution in [2.24, 2.45) is 0 Å². The van der Waals surface area contributed by atoms with Gasteiger partial charge in [-0.3, -0.25) is 0 Å². The lowest BCUT2D eigenvalue weighted by Crippen LogP contribution is -1.89. The number of aromatic nitrogens is 1. The van der Waals surface area contributed by atoms with E-state index in [1.807, 2.05) is 48.5 Å². The largest absolute Gasteiger partial charge is 0.436 e. The van der Waals surface area contributed by atoms with Crippen LogP contribution in [-0.2, 0) is 0 Å². The van der Waals surface area contributed by atoms with Gasteiger partial charge in [0.25, 0.3) is 0 Å². The van der Waals surface area contributed by atoms with Gasteiger partial charge in [0, 0.05) is 0 Å². The zero-order valence-electron chi connectivity index (χ0n) is 15.8. The smallest absolute Gasteiger partial charge is 0.228 e. The average molecular weight is 373 g/mol. The van der Waals surface area contributed by atoms with Crippen LogP contribution in [0.4, 0.5) is 0 Å². The maximum absolute atomic E-state index is 6.16. The molecule has 2 nitrogen and oxygen atoms in total. The fraction of sp³-hybridized carbons (Fsp3) is 0. The molecule has 138 valence electrons. The topological polar surface area (TPSA) is 26.0 Å². The standard InChI is InChI=1S/C27H19NO/c1-3-10-20(11-4-1)18-19-22-14-9-15-23(21-12-5-2-6-13-21)26(22)27-28-24-16-7-8-17-25(24)29-27/h1-19H. The van der Waals surface area contributed by atoms with E-state index in [-0.39, 0.29) is 0 Å². The highest BCUT2D eigenvalue weighted by Crippen LogP contribution is 2.36. The second-order valence-corrected chi connectivity index (χ2v) is 6.87. The Morgan fingerprint density at radius 3 is 2.14 bits per heavy atom. The summed E-state index contributed by atoms with van der Waals surface area (Å²) in [6, 6.07) is 34.9. The normalized spacial score (nSPS) is 11.3. The molecule has 0 bridgehead atoms. The van der Waals surface area contributed by atoms with E-state index in [2.05, 4.69) is 66.7 Å². The minimum absolute atomic E-state index is 0.637. The minimum atomic E-state index is 0.637. The molecular formula is C27H19NO. The van der Waals surface area contributed by atoms with E-state index in [0.717, 1.165) is 38.9 Å². The molecule has 0 aliphatic carbocycles. The summed E-state index contributed by atoms with van der Waals surface area (Å²) in [5.74, 6) is 0.637. The molecule has 29 heavy (non-hydrogen) atoms. The molecule has 1 heterocycles. The first-order valence-corrected chi connectivity index (χ1v) is 9.66. The summed E-state index contributed by atoms with van der Waals surface area (Å²) in [5, 5.41) is 0. The predicted molar refractivity (Wildman–Crippen MR) is 120 cm³/mol. The third-order valence-electron chi connectivity index (χ3n) is 4.94. The molecule has 0 spiro atoms. The third kappa shape index (κ3) is 3.48. The van der Waals surface area contributed by atoms with Gasteiger partial charge >= 0.3 is 0 Å². The molecule has 0 fully saturated rings. The van der Waals surface area contributed by atoms with Crippen molar-refractivity contribution < 1.29 is 4.42 Å². The monoisotopic (exact) mass is 373 g/mol. The summed E-state index contributed by atoms with van der Waals surface area (Å²) in [4.78, 5) is 4.78. The number of para-hydroxylation sites is 2. The molecule has 0 aliphatic rings. The van der Waals surface area contributed by atoms with Gasteiger partial charge in [0.2, 0.25) is 5.89 Å². The minimum Gasteiger partial charge on any atom is -0.436 e. The summed E-state index contributed by atoms with van der Waals surface area (Å²) in [7, 11) is 0. The maximum Gasteiger partial charge on any atom is 0.228 e. The summed E-state index contributed by atoms with van der Waals surface area (Å²) >= 11 is 0. The molecule has 2 heteroatoms. The van der Waals surface area contributed by atoms with E-state index in [1.54, 1.807) is 0 Å². The highest BCUT2D eigenvalue weighted by molar-refractivity contribution is 5.90. The van der Waals surface area contributed by atoms with E-state index in [9.17, 15) is 0 Å². The van der Waals surface area contributed by atoms with Crippen molar-refractivity contribution in [2.75, 3.05) is 0 Å². The first-order chi connectivity index (χ1) is 14.4. The summed E-state index contributed by atoms with van der Waals surface area (Å²) in [6.07, 6.45) is 4.25. The Balaban J connectivity index is 1.71. The van der Waals surface area contributed by atoms with Crippen molar-refractivity contribution in [3.63, 3.8) is 0 Å². The van der Waals surface area contributed by atoms with Crippen molar-refractivity contribution in [1.29, 1.82) is 0 Å². The van der Waals surface area contributed by atoms with Gasteiger partial charge in [-0.25, -0.2) is 4.98 Å². The lowest BCUT2D eigenvalue weighted by molar-refractivity contribution is 0.620. The highest BCUT2D eigenvalue weighted by Gasteiger charge is 2.16. The van der Waals surface area contributed by atoms with Crippen molar-refractivity contribution in [1.82, 2.24) is 4.98 Å². The summed E-state index contributed by atoms with van der Waals surface area (Å²) < 4.78 is 6.16. The molecule has 4 aromatic carbocycles. The van der Waals surface area contributed by atoms with E-state index < -0.39 is 0 Å². The second kappa shape index (κ2) is 7.61. The fourth-order valence-corrected chi connectivity index (χ4v) is 3.54. The first-order valence-electron chi connectivity index (χ1n) is 9.66. The molecule has 0 unspecified atom stereocenters. The van der Waals surface area contributed by atoms with Crippen LogP contribution in [0.2, 0.25) is 0 Å². The molecule has 0 N–H and O–H groups in total. The Hall–Kier alpha value is -3.91. The number of fused-ring (bicyclic) bond motifs is 1. The summed E-state index contributed by atoms with van der Waals surface area (Å²) in [5.41, 5.74) is 7.13. The van der Waals surface area contributed by atoms with Crippen molar-refractivity contribution >= 4 is 23.3 Å². The van der Waals surface area contributed by atoms with Gasteiger partial charge in [0.05, 0.1) is 5.56 Å². The van der Waals surface area contributed by atoms with Crippen LogP contribution in [0.3, 0.4) is 0 Å². The van der Waals surface area contributed by atoms with E-state index in [0.29, 0.717) is 5.89 Å². The van der Waals surface area contributed by atoms with Gasteiger partial charge in [-0.15, -0.1) is 0 Å². The number of oxazole rings is 1. The van der Waals surface area contributed by atoms with Gasteiger partial charge < -0.3 is 4.42 Å². The van der Waals surface area contributed by atoms with Crippen LogP contribution in [0, 0.1) is 0 Å². The Bertz CT molecular complexity index is 1250. The lowest BCUT2D eigenvalue weighted by atomic mass is 9.94. The number of hydrogen-bond donors (Lipinski definition) is 0. The van der Waals surface area contributed by atoms with E-state index >= 15 is 0 Å². The second-order valence-electron chi connectivity index (χ2n) is 6.87. The Labute approximate surface area is 169 Å². The third-order valence-corrected chi connectivity index (χ3v) is 4.94. The lowest BCUT2D eigenvalue weighted by Gasteiger charge is -2.10. The Morgan fingerprint density at radius 1 is 0.621 bits per heavy atom. The van der Waals surface area contributed by atoms with Gasteiger partial charge in [0.15, 0.2) is 5.58 Å². The number of hydrogen-bond acceptors (Lipinski definition) is 2. The molecule has 0 radical (unpaired) electrons. The Morgan fingerprint density at radius 2 is 1.34 bits per heavy atom. The van der Waals surface area contributed by atoms with Gasteiger partial charge in [-0.2, -0.15) is 0 Å². The van der Waals surface area contributed by atoms with Crippen molar-refractivity contribution in [2.45, 2.75) is 0 Å². The number of nitrogens with zero attached hydrogens (tertiary/aromatic N) is 1. The SMILES string of the molecule is C(=Cc1cccc(-c2ccccc2)c1-c1nc2ccccc2o1)c1ccccc1. The van der Waals surface area contributed by atoms with Crippen LogP contribution in [-0.4, -0.2) is 4.98 Å². The van der Waals surface area contributed by atoms with Crippen LogP contribution in [0.15, 0.2) is 108 Å². The molecule has 0 saturated heterocycles. The molecule has 0 saturated carbocycles. The first kappa shape index (κ1) is 17.2. The fourth-order valence-electron chi connectivity index (χ4n) is 3.54. The van der Waals surface area contributed by atoms with Crippen molar-refractivity contribution in [3.8, 4) is 22.6 Å². The zero-order chi connectivity index (χ0) is 19.5. The molecule has 0 aliphatic heterocycles. The summed E-state index contributed by atoms with van der Waals surface area (Å²) in [6.45, 7) is 0. The predicted octanol–water partition coefficient (Wildman–Crippen LogP) is 7.33. The number of rotatable bonds is 4. The average Bonchev–Trinajstić information content (AvgIpc) is 3.22. The van der Waals surface area contributed by atoms with Crippen LogP contribution < -0.4 is 0 Å². The van der Waals surface area contributed by atoms with Gasteiger partial charge in [-0.05, 0) is 34.4 Å². The molecule has 0 amide bonds. The maximum atomic E-state index is 6.16. The molecule has 1 aromatic heterocycles. The quantitative estimate of drug-likeness (QED) is 0.308. The van der Waals surface area contributed by atoms with Crippen LogP contribution in [0.1, 0.15) is 11.1 Å². The van der Waals surface area contributed by atoms with Crippen molar-refractivity contribution in [3.05, 3.63) is 114 Å².